The van der Waals surface area contributed by atoms with E-state index >= 15 is 0 Å². The van der Waals surface area contributed by atoms with E-state index in [0.717, 1.165) is 11.3 Å². The fraction of sp³-hybridized carbons (Fsp3) is 0.308. The van der Waals surface area contributed by atoms with Crippen LogP contribution in [0.15, 0.2) is 18.3 Å². The van der Waals surface area contributed by atoms with Crippen molar-refractivity contribution in [1.29, 1.82) is 0 Å². The molecule has 0 aliphatic heterocycles. The van der Waals surface area contributed by atoms with Gasteiger partial charge in [-0.1, -0.05) is 11.6 Å². The monoisotopic (exact) mass is 293 g/mol. The minimum atomic E-state index is -0.200. The Morgan fingerprint density at radius 1 is 1.45 bits per heavy atom. The van der Waals surface area contributed by atoms with Crippen molar-refractivity contribution in [3.05, 3.63) is 40.3 Å². The summed E-state index contributed by atoms with van der Waals surface area (Å²) in [5.41, 5.74) is 2.47. The van der Waals surface area contributed by atoms with Crippen molar-refractivity contribution in [1.82, 2.24) is 20.1 Å². The molecule has 106 valence electrons. The molecule has 2 rings (SSSR count). The number of halogens is 1. The third-order valence-corrected chi connectivity index (χ3v) is 3.28. The van der Waals surface area contributed by atoms with E-state index in [1.807, 2.05) is 14.0 Å². The van der Waals surface area contributed by atoms with Gasteiger partial charge in [-0.3, -0.25) is 9.48 Å². The lowest BCUT2D eigenvalue weighted by Gasteiger charge is -2.07. The van der Waals surface area contributed by atoms with Gasteiger partial charge in [0.2, 0.25) is 0 Å². The van der Waals surface area contributed by atoms with Gasteiger partial charge in [-0.2, -0.15) is 5.10 Å². The minimum Gasteiger partial charge on any atom is -0.373 e. The van der Waals surface area contributed by atoms with Crippen LogP contribution >= 0.6 is 11.6 Å². The van der Waals surface area contributed by atoms with Crippen molar-refractivity contribution in [3.8, 4) is 0 Å². The molecule has 1 amide bonds. The Kier molecular flexibility index (Phi) is 4.24. The maximum Gasteiger partial charge on any atom is 0.251 e. The fourth-order valence-electron chi connectivity index (χ4n) is 1.75. The van der Waals surface area contributed by atoms with Gasteiger partial charge in [0, 0.05) is 37.5 Å². The number of nitrogens with one attached hydrogen (secondary N) is 2. The number of carbonyl (C=O) groups excluding carboxylic acids is 1. The van der Waals surface area contributed by atoms with Crippen LogP contribution in [-0.4, -0.2) is 27.7 Å². The number of carbonyl (C=O) groups is 1. The SMILES string of the molecule is CNc1cc(C(=O)NCc2cnn(C)c2C)cc(Cl)n1. The lowest BCUT2D eigenvalue weighted by Crippen LogP contribution is -2.23. The van der Waals surface area contributed by atoms with Crippen LogP contribution in [0.25, 0.3) is 0 Å². The van der Waals surface area contributed by atoms with Crippen LogP contribution in [0.3, 0.4) is 0 Å². The van der Waals surface area contributed by atoms with Gasteiger partial charge >= 0.3 is 0 Å². The number of hydrogen-bond acceptors (Lipinski definition) is 4. The lowest BCUT2D eigenvalue weighted by atomic mass is 10.2. The second kappa shape index (κ2) is 5.92. The average Bonchev–Trinajstić information content (AvgIpc) is 2.75. The Morgan fingerprint density at radius 3 is 2.80 bits per heavy atom. The summed E-state index contributed by atoms with van der Waals surface area (Å²) in [6, 6.07) is 3.19. The van der Waals surface area contributed by atoms with E-state index in [1.165, 1.54) is 6.07 Å². The van der Waals surface area contributed by atoms with E-state index in [9.17, 15) is 4.79 Å². The van der Waals surface area contributed by atoms with Gasteiger partial charge < -0.3 is 10.6 Å². The summed E-state index contributed by atoms with van der Waals surface area (Å²) < 4.78 is 1.77. The highest BCUT2D eigenvalue weighted by Crippen LogP contribution is 2.14. The van der Waals surface area contributed by atoms with E-state index in [4.69, 9.17) is 11.6 Å². The van der Waals surface area contributed by atoms with E-state index in [0.29, 0.717) is 17.9 Å². The zero-order valence-corrected chi connectivity index (χ0v) is 12.3. The molecule has 2 aromatic rings. The van der Waals surface area contributed by atoms with Gasteiger partial charge in [0.1, 0.15) is 11.0 Å². The molecule has 2 aromatic heterocycles. The van der Waals surface area contributed by atoms with Crippen LogP contribution in [-0.2, 0) is 13.6 Å². The Labute approximate surface area is 122 Å². The number of rotatable bonds is 4. The third kappa shape index (κ3) is 3.08. The second-order valence-corrected chi connectivity index (χ2v) is 4.76. The number of aromatic nitrogens is 3. The van der Waals surface area contributed by atoms with Crippen molar-refractivity contribution in [3.63, 3.8) is 0 Å². The van der Waals surface area contributed by atoms with E-state index in [1.54, 1.807) is 24.0 Å². The standard InChI is InChI=1S/C13H16ClN5O/c1-8-10(7-17-19(8)3)6-16-13(20)9-4-11(14)18-12(5-9)15-2/h4-5,7H,6H2,1-3H3,(H,15,18)(H,16,20). The van der Waals surface area contributed by atoms with Crippen LogP contribution in [0.2, 0.25) is 5.15 Å². The molecule has 0 unspecified atom stereocenters. The molecular weight excluding hydrogens is 278 g/mol. The predicted molar refractivity (Wildman–Crippen MR) is 77.9 cm³/mol. The molecule has 0 bridgehead atoms. The second-order valence-electron chi connectivity index (χ2n) is 4.38. The molecule has 0 saturated carbocycles. The van der Waals surface area contributed by atoms with Crippen LogP contribution in [0.5, 0.6) is 0 Å². The topological polar surface area (TPSA) is 71.8 Å². The van der Waals surface area contributed by atoms with Gasteiger partial charge in [-0.25, -0.2) is 4.98 Å². The van der Waals surface area contributed by atoms with Gasteiger partial charge in [0.05, 0.1) is 6.20 Å². The molecule has 0 aliphatic rings. The largest absolute Gasteiger partial charge is 0.373 e. The highest BCUT2D eigenvalue weighted by atomic mass is 35.5. The molecule has 6 nitrogen and oxygen atoms in total. The zero-order chi connectivity index (χ0) is 14.7. The quantitative estimate of drug-likeness (QED) is 0.843. The average molecular weight is 294 g/mol. The number of hydrogen-bond donors (Lipinski definition) is 2. The fourth-order valence-corrected chi connectivity index (χ4v) is 1.96. The summed E-state index contributed by atoms with van der Waals surface area (Å²) in [5.74, 6) is 0.356. The first kappa shape index (κ1) is 14.3. The first-order valence-electron chi connectivity index (χ1n) is 6.12. The molecular formula is C13H16ClN5O. The third-order valence-electron chi connectivity index (χ3n) is 3.09. The molecule has 0 spiro atoms. The van der Waals surface area contributed by atoms with Crippen molar-refractivity contribution in [2.45, 2.75) is 13.5 Å². The molecule has 2 heterocycles. The lowest BCUT2D eigenvalue weighted by molar-refractivity contribution is 0.0951. The molecule has 0 radical (unpaired) electrons. The Hall–Kier alpha value is -2.08. The first-order chi connectivity index (χ1) is 9.51. The Bertz CT molecular complexity index is 638. The van der Waals surface area contributed by atoms with Gasteiger partial charge in [-0.15, -0.1) is 0 Å². The van der Waals surface area contributed by atoms with Crippen LogP contribution < -0.4 is 10.6 Å². The van der Waals surface area contributed by atoms with Crippen molar-refractivity contribution in [2.75, 3.05) is 12.4 Å². The van der Waals surface area contributed by atoms with Crippen molar-refractivity contribution < 1.29 is 4.79 Å². The van der Waals surface area contributed by atoms with Crippen molar-refractivity contribution >= 4 is 23.3 Å². The number of anilines is 1. The molecule has 7 heteroatoms. The van der Waals surface area contributed by atoms with Gasteiger partial charge in [0.25, 0.3) is 5.91 Å². The number of amides is 1. The van der Waals surface area contributed by atoms with E-state index < -0.39 is 0 Å². The summed E-state index contributed by atoms with van der Waals surface area (Å²) in [6.07, 6.45) is 1.74. The van der Waals surface area contributed by atoms with Crippen LogP contribution in [0, 0.1) is 6.92 Å². The van der Waals surface area contributed by atoms with Crippen LogP contribution in [0.4, 0.5) is 5.82 Å². The summed E-state index contributed by atoms with van der Waals surface area (Å²) in [6.45, 7) is 2.38. The normalized spacial score (nSPS) is 10.4. The molecule has 0 fully saturated rings. The van der Waals surface area contributed by atoms with Gasteiger partial charge in [-0.05, 0) is 19.1 Å². The summed E-state index contributed by atoms with van der Waals surface area (Å²) >= 11 is 5.87. The molecule has 0 atom stereocenters. The summed E-state index contributed by atoms with van der Waals surface area (Å²) in [4.78, 5) is 16.1. The highest BCUT2D eigenvalue weighted by molar-refractivity contribution is 6.29. The van der Waals surface area contributed by atoms with E-state index in [2.05, 4.69) is 20.7 Å². The molecule has 0 saturated heterocycles. The summed E-state index contributed by atoms with van der Waals surface area (Å²) in [7, 11) is 3.59. The molecule has 0 aromatic carbocycles. The van der Waals surface area contributed by atoms with Crippen LogP contribution in [0.1, 0.15) is 21.6 Å². The smallest absolute Gasteiger partial charge is 0.251 e. The Balaban J connectivity index is 2.09. The number of nitrogens with zero attached hydrogens (tertiary/aromatic N) is 3. The first-order valence-corrected chi connectivity index (χ1v) is 6.50. The maximum atomic E-state index is 12.1. The maximum absolute atomic E-state index is 12.1. The zero-order valence-electron chi connectivity index (χ0n) is 11.6. The predicted octanol–water partition coefficient (Wildman–Crippen LogP) is 1.75. The molecule has 0 aliphatic carbocycles. The van der Waals surface area contributed by atoms with E-state index in [-0.39, 0.29) is 11.1 Å². The number of aryl methyl sites for hydroxylation is 1. The minimum absolute atomic E-state index is 0.200. The number of pyridine rings is 1. The Morgan fingerprint density at radius 2 is 2.20 bits per heavy atom. The molecule has 2 N–H and O–H groups in total. The highest BCUT2D eigenvalue weighted by Gasteiger charge is 2.10. The molecule has 20 heavy (non-hydrogen) atoms. The van der Waals surface area contributed by atoms with Crippen molar-refractivity contribution in [2.24, 2.45) is 7.05 Å². The summed E-state index contributed by atoms with van der Waals surface area (Å²) in [5, 5.41) is 10.1. The van der Waals surface area contributed by atoms with Gasteiger partial charge in [0.15, 0.2) is 0 Å².